The molecule has 0 unspecified atom stereocenters. The van der Waals surface area contributed by atoms with Gasteiger partial charge in [0.1, 0.15) is 5.75 Å². The van der Waals surface area contributed by atoms with Crippen LogP contribution in [0.1, 0.15) is 45.7 Å². The Morgan fingerprint density at radius 1 is 1.15 bits per heavy atom. The molecule has 1 heterocycles. The van der Waals surface area contributed by atoms with Crippen LogP contribution in [0, 0.1) is 12.3 Å². The van der Waals surface area contributed by atoms with E-state index >= 15 is 0 Å². The Hall–Kier alpha value is -0.630. The minimum Gasteiger partial charge on any atom is -0.426 e. The Bertz CT molecular complexity index is 467. The molecule has 20 heavy (non-hydrogen) atoms. The minimum absolute atomic E-state index is 0.0335. The van der Waals surface area contributed by atoms with Gasteiger partial charge in [-0.15, -0.1) is 0 Å². The van der Waals surface area contributed by atoms with E-state index in [9.17, 15) is 0 Å². The van der Waals surface area contributed by atoms with Gasteiger partial charge in [-0.05, 0) is 18.4 Å². The van der Waals surface area contributed by atoms with Crippen LogP contribution in [0.2, 0.25) is 0 Å². The van der Waals surface area contributed by atoms with Gasteiger partial charge in [-0.1, -0.05) is 52.3 Å². The van der Waals surface area contributed by atoms with Crippen molar-refractivity contribution in [1.29, 1.82) is 0 Å². The van der Waals surface area contributed by atoms with E-state index in [1.165, 1.54) is 11.1 Å². The van der Waals surface area contributed by atoms with E-state index in [1.54, 1.807) is 0 Å². The molecule has 112 valence electrons. The average molecular weight is 296 g/mol. The molecule has 3 nitrogen and oxygen atoms in total. The lowest BCUT2D eigenvalue weighted by atomic mass is 9.85. The first-order chi connectivity index (χ1) is 9.17. The number of benzene rings is 1. The summed E-state index contributed by atoms with van der Waals surface area (Å²) in [5.74, 6) is 0.869. The highest BCUT2D eigenvalue weighted by Gasteiger charge is 2.32. The van der Waals surface area contributed by atoms with Crippen molar-refractivity contribution in [1.82, 2.24) is 0 Å². The average Bonchev–Trinajstić information content (AvgIpc) is 2.33. The molecule has 1 aliphatic rings. The third-order valence-corrected chi connectivity index (χ3v) is 4.26. The summed E-state index contributed by atoms with van der Waals surface area (Å²) >= 11 is 0. The zero-order chi connectivity index (χ0) is 15.0. The van der Waals surface area contributed by atoms with E-state index in [1.807, 2.05) is 6.07 Å². The highest BCUT2D eigenvalue weighted by atomic mass is 31.2. The lowest BCUT2D eigenvalue weighted by Gasteiger charge is -2.33. The second-order valence-corrected chi connectivity index (χ2v) is 8.42. The molecule has 2 rings (SSSR count). The molecule has 0 spiro atoms. The first-order valence-corrected chi connectivity index (χ1v) is 8.12. The van der Waals surface area contributed by atoms with Gasteiger partial charge in [-0.2, -0.15) is 0 Å². The van der Waals surface area contributed by atoms with Crippen molar-refractivity contribution in [2.75, 3.05) is 13.2 Å². The monoisotopic (exact) mass is 296 g/mol. The fourth-order valence-electron chi connectivity index (χ4n) is 1.98. The number of aryl methyl sites for hydroxylation is 1. The van der Waals surface area contributed by atoms with Crippen molar-refractivity contribution >= 4 is 8.60 Å². The fourth-order valence-corrected chi connectivity index (χ4v) is 3.39. The van der Waals surface area contributed by atoms with Crippen molar-refractivity contribution < 1.29 is 13.6 Å². The van der Waals surface area contributed by atoms with Crippen LogP contribution < -0.4 is 4.52 Å². The third-order valence-electron chi connectivity index (χ3n) is 3.24. The first-order valence-electron chi connectivity index (χ1n) is 7.02. The van der Waals surface area contributed by atoms with Gasteiger partial charge in [-0.3, -0.25) is 0 Å². The summed E-state index contributed by atoms with van der Waals surface area (Å²) in [4.78, 5) is 0. The molecular weight excluding hydrogens is 271 g/mol. The number of rotatable bonds is 2. The predicted molar refractivity (Wildman–Crippen MR) is 83.1 cm³/mol. The smallest absolute Gasteiger partial charge is 0.397 e. The summed E-state index contributed by atoms with van der Waals surface area (Å²) in [6, 6.07) is 6.26. The molecule has 1 aliphatic heterocycles. The minimum atomic E-state index is -1.28. The molecule has 4 heteroatoms. The van der Waals surface area contributed by atoms with Crippen molar-refractivity contribution in [2.45, 2.75) is 47.0 Å². The summed E-state index contributed by atoms with van der Waals surface area (Å²) < 4.78 is 17.4. The Morgan fingerprint density at radius 3 is 2.30 bits per heavy atom. The zero-order valence-electron chi connectivity index (χ0n) is 13.3. The zero-order valence-corrected chi connectivity index (χ0v) is 14.2. The maximum absolute atomic E-state index is 5.98. The molecule has 1 fully saturated rings. The molecule has 0 amide bonds. The fraction of sp³-hybridized carbons (Fsp3) is 0.625. The molecular formula is C16H25O3P. The van der Waals surface area contributed by atoms with E-state index < -0.39 is 8.60 Å². The predicted octanol–water partition coefficient (Wildman–Crippen LogP) is 4.97. The summed E-state index contributed by atoms with van der Waals surface area (Å²) in [6.07, 6.45) is 0. The van der Waals surface area contributed by atoms with Gasteiger partial charge in [0.05, 0.1) is 13.2 Å². The first kappa shape index (κ1) is 15.8. The summed E-state index contributed by atoms with van der Waals surface area (Å²) in [7, 11) is -1.28. The van der Waals surface area contributed by atoms with Crippen molar-refractivity contribution in [3.63, 3.8) is 0 Å². The van der Waals surface area contributed by atoms with Crippen LogP contribution in [0.5, 0.6) is 5.75 Å². The molecule has 1 aromatic rings. The van der Waals surface area contributed by atoms with E-state index in [0.29, 0.717) is 13.2 Å². The van der Waals surface area contributed by atoms with Gasteiger partial charge in [-0.25, -0.2) is 0 Å². The van der Waals surface area contributed by atoms with Crippen LogP contribution in [0.15, 0.2) is 18.2 Å². The lowest BCUT2D eigenvalue weighted by Crippen LogP contribution is -2.29. The Balaban J connectivity index is 2.14. The standard InChI is InChI=1S/C16H25O3P/c1-12-7-8-14(13(9-12)15(2,3)4)19-20-17-10-16(5,6)11-18-20/h7-9H,10-11H2,1-6H3. The van der Waals surface area contributed by atoms with Gasteiger partial charge in [0.15, 0.2) is 0 Å². The number of hydrogen-bond acceptors (Lipinski definition) is 3. The topological polar surface area (TPSA) is 27.7 Å². The van der Waals surface area contributed by atoms with E-state index in [-0.39, 0.29) is 10.8 Å². The molecule has 0 bridgehead atoms. The van der Waals surface area contributed by atoms with Crippen LogP contribution in [0.25, 0.3) is 0 Å². The van der Waals surface area contributed by atoms with E-state index in [4.69, 9.17) is 13.6 Å². The SMILES string of the molecule is Cc1ccc(OP2OCC(C)(C)CO2)c(C(C)(C)C)c1. The second kappa shape index (κ2) is 5.63. The molecule has 0 radical (unpaired) electrons. The van der Waals surface area contributed by atoms with E-state index in [2.05, 4.69) is 53.7 Å². The quantitative estimate of drug-likeness (QED) is 0.721. The number of hydrogen-bond donors (Lipinski definition) is 0. The Labute approximate surface area is 123 Å². The van der Waals surface area contributed by atoms with Crippen LogP contribution >= 0.6 is 8.60 Å². The third kappa shape index (κ3) is 3.94. The van der Waals surface area contributed by atoms with Crippen LogP contribution in [0.4, 0.5) is 0 Å². The van der Waals surface area contributed by atoms with Crippen LogP contribution in [-0.4, -0.2) is 13.2 Å². The van der Waals surface area contributed by atoms with Gasteiger partial charge < -0.3 is 13.6 Å². The molecule has 0 saturated carbocycles. The van der Waals surface area contributed by atoms with E-state index in [0.717, 1.165) is 5.75 Å². The summed E-state index contributed by atoms with van der Waals surface area (Å²) in [5, 5.41) is 0. The van der Waals surface area contributed by atoms with Crippen molar-refractivity contribution in [2.24, 2.45) is 5.41 Å². The van der Waals surface area contributed by atoms with Crippen LogP contribution in [0.3, 0.4) is 0 Å². The van der Waals surface area contributed by atoms with Crippen LogP contribution in [-0.2, 0) is 14.5 Å². The molecule has 1 aromatic carbocycles. The molecule has 0 atom stereocenters. The van der Waals surface area contributed by atoms with Gasteiger partial charge in [0.2, 0.25) is 0 Å². The Kier molecular flexibility index (Phi) is 4.44. The highest BCUT2D eigenvalue weighted by molar-refractivity contribution is 7.42. The maximum atomic E-state index is 5.98. The van der Waals surface area contributed by atoms with Gasteiger partial charge >= 0.3 is 8.60 Å². The summed E-state index contributed by atoms with van der Waals surface area (Å²) in [5.41, 5.74) is 2.53. The molecule has 1 saturated heterocycles. The second-order valence-electron chi connectivity index (χ2n) is 7.28. The highest BCUT2D eigenvalue weighted by Crippen LogP contribution is 2.48. The molecule has 0 aliphatic carbocycles. The van der Waals surface area contributed by atoms with Crippen molar-refractivity contribution in [3.8, 4) is 5.75 Å². The molecule has 0 N–H and O–H groups in total. The normalized spacial score (nSPS) is 19.9. The maximum Gasteiger partial charge on any atom is 0.397 e. The van der Waals surface area contributed by atoms with Gasteiger partial charge in [0.25, 0.3) is 0 Å². The lowest BCUT2D eigenvalue weighted by molar-refractivity contribution is 0.0425. The summed E-state index contributed by atoms with van der Waals surface area (Å²) in [6.45, 7) is 14.3. The van der Waals surface area contributed by atoms with Crippen molar-refractivity contribution in [3.05, 3.63) is 29.3 Å². The Morgan fingerprint density at radius 2 is 1.75 bits per heavy atom. The molecule has 0 aromatic heterocycles. The largest absolute Gasteiger partial charge is 0.426 e. The van der Waals surface area contributed by atoms with Gasteiger partial charge in [0, 0.05) is 11.0 Å².